The van der Waals surface area contributed by atoms with E-state index in [0.717, 1.165) is 20.6 Å². The molecule has 0 aliphatic rings. The van der Waals surface area contributed by atoms with Crippen LogP contribution in [-0.2, 0) is 7.05 Å². The molecule has 0 aliphatic heterocycles. The summed E-state index contributed by atoms with van der Waals surface area (Å²) < 4.78 is 3.13. The van der Waals surface area contributed by atoms with Gasteiger partial charge in [0.05, 0.1) is 10.2 Å². The Morgan fingerprint density at radius 3 is 2.48 bits per heavy atom. The molecule has 1 aromatic heterocycles. The highest BCUT2D eigenvalue weighted by Crippen LogP contribution is 2.19. The van der Waals surface area contributed by atoms with E-state index in [2.05, 4.69) is 24.0 Å². The summed E-state index contributed by atoms with van der Waals surface area (Å²) in [6, 6.07) is 13.7. The fourth-order valence-electron chi connectivity index (χ4n) is 2.35. The van der Waals surface area contributed by atoms with Gasteiger partial charge in [0.2, 0.25) is 0 Å². The predicted octanol–water partition coefficient (Wildman–Crippen LogP) is 3.60. The number of nitrogens with zero attached hydrogens (tertiary/aromatic N) is 2. The van der Waals surface area contributed by atoms with Crippen LogP contribution in [0.2, 0.25) is 0 Å². The van der Waals surface area contributed by atoms with Gasteiger partial charge in [-0.1, -0.05) is 41.2 Å². The third kappa shape index (κ3) is 2.54. The molecular formula is C17H16N2OS. The van der Waals surface area contributed by atoms with E-state index in [9.17, 15) is 4.79 Å². The van der Waals surface area contributed by atoms with Gasteiger partial charge in [-0.05, 0) is 37.6 Å². The first-order valence-electron chi connectivity index (χ1n) is 6.77. The van der Waals surface area contributed by atoms with Gasteiger partial charge in [-0.25, -0.2) is 0 Å². The van der Waals surface area contributed by atoms with Gasteiger partial charge in [0.15, 0.2) is 4.80 Å². The number of carbonyl (C=O) groups is 1. The van der Waals surface area contributed by atoms with E-state index in [-0.39, 0.29) is 5.91 Å². The van der Waals surface area contributed by atoms with Crippen molar-refractivity contribution in [1.82, 2.24) is 4.57 Å². The highest BCUT2D eigenvalue weighted by Gasteiger charge is 2.08. The molecule has 3 rings (SSSR count). The molecule has 2 aromatic carbocycles. The van der Waals surface area contributed by atoms with Crippen molar-refractivity contribution in [3.05, 3.63) is 64.0 Å². The molecule has 1 heterocycles. The Bertz CT molecular complexity index is 885. The quantitative estimate of drug-likeness (QED) is 0.675. The second-order valence-corrected chi connectivity index (χ2v) is 6.16. The summed E-state index contributed by atoms with van der Waals surface area (Å²) >= 11 is 1.54. The van der Waals surface area contributed by atoms with E-state index in [1.807, 2.05) is 48.9 Å². The van der Waals surface area contributed by atoms with Crippen molar-refractivity contribution in [3.8, 4) is 0 Å². The fraction of sp³-hybridized carbons (Fsp3) is 0.176. The second-order valence-electron chi connectivity index (χ2n) is 5.15. The Hall–Kier alpha value is -2.20. The lowest BCUT2D eigenvalue weighted by atomic mass is 10.1. The van der Waals surface area contributed by atoms with Gasteiger partial charge in [-0.3, -0.25) is 4.79 Å². The molecule has 0 N–H and O–H groups in total. The zero-order valence-corrected chi connectivity index (χ0v) is 13.1. The third-order valence-corrected chi connectivity index (χ3v) is 4.62. The average Bonchev–Trinajstić information content (AvgIpc) is 2.77. The SMILES string of the molecule is Cc1ccc(C(=O)N=c2sc3cccc(C)c3n2C)cc1. The average molecular weight is 296 g/mol. The lowest BCUT2D eigenvalue weighted by molar-refractivity contribution is 0.0998. The summed E-state index contributed by atoms with van der Waals surface area (Å²) in [6.45, 7) is 4.07. The van der Waals surface area contributed by atoms with Crippen molar-refractivity contribution in [1.29, 1.82) is 0 Å². The van der Waals surface area contributed by atoms with Gasteiger partial charge in [0, 0.05) is 12.6 Å². The Morgan fingerprint density at radius 1 is 1.10 bits per heavy atom. The number of para-hydroxylation sites is 1. The molecule has 0 atom stereocenters. The maximum atomic E-state index is 12.3. The number of aromatic nitrogens is 1. The number of carbonyl (C=O) groups excluding carboxylic acids is 1. The maximum Gasteiger partial charge on any atom is 0.279 e. The van der Waals surface area contributed by atoms with Gasteiger partial charge in [0.25, 0.3) is 5.91 Å². The standard InChI is InChI=1S/C17H16N2OS/c1-11-7-9-13(10-8-11)16(20)18-17-19(3)15-12(2)5-4-6-14(15)21-17/h4-10H,1-3H3. The minimum atomic E-state index is -0.199. The Balaban J connectivity index is 2.11. The van der Waals surface area contributed by atoms with Crippen LogP contribution in [0.3, 0.4) is 0 Å². The van der Waals surface area contributed by atoms with Crippen molar-refractivity contribution in [2.24, 2.45) is 12.0 Å². The van der Waals surface area contributed by atoms with Crippen LogP contribution < -0.4 is 4.80 Å². The van der Waals surface area contributed by atoms with Crippen molar-refractivity contribution < 1.29 is 4.79 Å². The van der Waals surface area contributed by atoms with Crippen molar-refractivity contribution in [3.63, 3.8) is 0 Å². The van der Waals surface area contributed by atoms with Gasteiger partial charge in [-0.2, -0.15) is 4.99 Å². The molecule has 3 aromatic rings. The largest absolute Gasteiger partial charge is 0.319 e. The first-order valence-corrected chi connectivity index (χ1v) is 7.59. The van der Waals surface area contributed by atoms with Crippen molar-refractivity contribution in [2.45, 2.75) is 13.8 Å². The zero-order chi connectivity index (χ0) is 15.0. The minimum Gasteiger partial charge on any atom is -0.319 e. The number of hydrogen-bond donors (Lipinski definition) is 0. The molecule has 0 saturated heterocycles. The molecule has 0 fully saturated rings. The Kier molecular flexibility index (Phi) is 3.47. The summed E-state index contributed by atoms with van der Waals surface area (Å²) in [6.07, 6.45) is 0. The summed E-state index contributed by atoms with van der Waals surface area (Å²) in [5.74, 6) is -0.199. The van der Waals surface area contributed by atoms with E-state index in [1.165, 1.54) is 16.9 Å². The van der Waals surface area contributed by atoms with E-state index < -0.39 is 0 Å². The molecule has 1 amide bonds. The molecule has 0 unspecified atom stereocenters. The third-order valence-electron chi connectivity index (χ3n) is 3.52. The van der Waals surface area contributed by atoms with E-state index in [1.54, 1.807) is 0 Å². The van der Waals surface area contributed by atoms with Crippen LogP contribution in [0, 0.1) is 13.8 Å². The zero-order valence-electron chi connectivity index (χ0n) is 12.3. The Labute approximate surface area is 127 Å². The van der Waals surface area contributed by atoms with Crippen LogP contribution >= 0.6 is 11.3 Å². The second kappa shape index (κ2) is 5.30. The van der Waals surface area contributed by atoms with E-state index >= 15 is 0 Å². The van der Waals surface area contributed by atoms with Gasteiger partial charge in [-0.15, -0.1) is 0 Å². The summed E-state index contributed by atoms with van der Waals surface area (Å²) in [7, 11) is 1.95. The predicted molar refractivity (Wildman–Crippen MR) is 86.6 cm³/mol. The normalized spacial score (nSPS) is 12.0. The lowest BCUT2D eigenvalue weighted by Crippen LogP contribution is -2.13. The molecule has 4 heteroatoms. The monoisotopic (exact) mass is 296 g/mol. The smallest absolute Gasteiger partial charge is 0.279 e. The molecule has 0 radical (unpaired) electrons. The highest BCUT2D eigenvalue weighted by molar-refractivity contribution is 7.16. The number of fused-ring (bicyclic) bond motifs is 1. The Morgan fingerprint density at radius 2 is 1.81 bits per heavy atom. The highest BCUT2D eigenvalue weighted by atomic mass is 32.1. The summed E-state index contributed by atoms with van der Waals surface area (Å²) in [5.41, 5.74) is 4.08. The molecule has 21 heavy (non-hydrogen) atoms. The van der Waals surface area contributed by atoms with Crippen molar-refractivity contribution in [2.75, 3.05) is 0 Å². The molecule has 0 aliphatic carbocycles. The number of hydrogen-bond acceptors (Lipinski definition) is 2. The van der Waals surface area contributed by atoms with E-state index in [0.29, 0.717) is 5.56 Å². The molecule has 3 nitrogen and oxygen atoms in total. The van der Waals surface area contributed by atoms with Crippen LogP contribution in [0.25, 0.3) is 10.2 Å². The molecule has 0 saturated carbocycles. The van der Waals surface area contributed by atoms with Crippen molar-refractivity contribution >= 4 is 27.5 Å². The number of aryl methyl sites for hydroxylation is 3. The number of amides is 1. The summed E-state index contributed by atoms with van der Waals surface area (Å²) in [5, 5.41) is 0. The van der Waals surface area contributed by atoms with Crippen LogP contribution in [0.1, 0.15) is 21.5 Å². The van der Waals surface area contributed by atoms with Crippen LogP contribution in [0.4, 0.5) is 0 Å². The van der Waals surface area contributed by atoms with Crippen LogP contribution in [0.15, 0.2) is 47.5 Å². The molecular weight excluding hydrogens is 280 g/mol. The number of rotatable bonds is 1. The topological polar surface area (TPSA) is 34.4 Å². The minimum absolute atomic E-state index is 0.199. The maximum absolute atomic E-state index is 12.3. The lowest BCUT2D eigenvalue weighted by Gasteiger charge is -1.99. The van der Waals surface area contributed by atoms with Crippen LogP contribution in [0.5, 0.6) is 0 Å². The number of thiazole rings is 1. The van der Waals surface area contributed by atoms with Gasteiger partial charge >= 0.3 is 0 Å². The first-order chi connectivity index (χ1) is 10.1. The van der Waals surface area contributed by atoms with E-state index in [4.69, 9.17) is 0 Å². The molecule has 0 spiro atoms. The molecule has 0 bridgehead atoms. The summed E-state index contributed by atoms with van der Waals surface area (Å²) in [4.78, 5) is 17.3. The fourth-order valence-corrected chi connectivity index (χ4v) is 3.45. The van der Waals surface area contributed by atoms with Crippen LogP contribution in [-0.4, -0.2) is 10.5 Å². The first kappa shape index (κ1) is 13.8. The molecule has 106 valence electrons. The number of benzene rings is 2. The van der Waals surface area contributed by atoms with Gasteiger partial charge in [0.1, 0.15) is 0 Å². The van der Waals surface area contributed by atoms with Gasteiger partial charge < -0.3 is 4.57 Å².